The molecule has 1 heterocycles. The van der Waals surface area contributed by atoms with Gasteiger partial charge in [0.05, 0.1) is 18.6 Å². The van der Waals surface area contributed by atoms with Crippen molar-refractivity contribution in [1.29, 1.82) is 0 Å². The Hall–Kier alpha value is -2.30. The van der Waals surface area contributed by atoms with Gasteiger partial charge >= 0.3 is 11.9 Å². The maximum absolute atomic E-state index is 12.0. The van der Waals surface area contributed by atoms with Crippen molar-refractivity contribution in [1.82, 2.24) is 4.57 Å². The highest BCUT2D eigenvalue weighted by atomic mass is 16.5. The summed E-state index contributed by atoms with van der Waals surface area (Å²) in [6.07, 6.45) is 4.07. The third-order valence-corrected chi connectivity index (χ3v) is 4.94. The van der Waals surface area contributed by atoms with E-state index in [0.717, 1.165) is 53.4 Å². The number of aryl methyl sites for hydroxylation is 2. The zero-order chi connectivity index (χ0) is 18.7. The number of ether oxygens (including phenoxy) is 1. The van der Waals surface area contributed by atoms with Crippen molar-refractivity contribution >= 4 is 22.8 Å². The molecule has 0 aliphatic carbocycles. The number of aliphatic carboxylic acids is 1. The van der Waals surface area contributed by atoms with E-state index in [9.17, 15) is 14.7 Å². The van der Waals surface area contributed by atoms with Crippen LogP contribution in [-0.4, -0.2) is 28.7 Å². The van der Waals surface area contributed by atoms with E-state index in [0.29, 0.717) is 5.56 Å². The van der Waals surface area contributed by atoms with Gasteiger partial charge in [-0.05, 0) is 49.9 Å². The molecule has 0 saturated carbocycles. The summed E-state index contributed by atoms with van der Waals surface area (Å²) in [4.78, 5) is 23.7. The Bertz CT molecular complexity index is 804. The first-order chi connectivity index (χ1) is 11.8. The Morgan fingerprint density at radius 3 is 2.52 bits per heavy atom. The molecule has 136 valence electrons. The number of fused-ring (bicyclic) bond motifs is 1. The average molecular weight is 345 g/mol. The lowest BCUT2D eigenvalue weighted by atomic mass is 9.94. The average Bonchev–Trinajstić information content (AvgIpc) is 2.84. The van der Waals surface area contributed by atoms with Gasteiger partial charge in [-0.3, -0.25) is 4.79 Å². The van der Waals surface area contributed by atoms with Crippen molar-refractivity contribution in [2.75, 3.05) is 7.11 Å². The highest BCUT2D eigenvalue weighted by molar-refractivity contribution is 5.99. The number of rotatable bonds is 7. The summed E-state index contributed by atoms with van der Waals surface area (Å²) < 4.78 is 6.90. The Kier molecular flexibility index (Phi) is 5.88. The van der Waals surface area contributed by atoms with Gasteiger partial charge in [-0.25, -0.2) is 4.79 Å². The lowest BCUT2D eigenvalue weighted by Gasteiger charge is -2.11. The SMILES string of the molecule is CCCCCc1c(C(C)C(=O)O)c2cc(C)c(C(=O)OC)cc2n1C. The second-order valence-corrected chi connectivity index (χ2v) is 6.61. The van der Waals surface area contributed by atoms with Crippen LogP contribution in [0.25, 0.3) is 10.9 Å². The van der Waals surface area contributed by atoms with Gasteiger partial charge in [0.15, 0.2) is 0 Å². The molecule has 2 rings (SSSR count). The molecule has 0 aliphatic heterocycles. The molecule has 0 radical (unpaired) electrons. The van der Waals surface area contributed by atoms with Gasteiger partial charge in [0, 0.05) is 23.6 Å². The second kappa shape index (κ2) is 7.72. The Labute approximate surface area is 148 Å². The zero-order valence-electron chi connectivity index (χ0n) is 15.7. The molecule has 0 aliphatic rings. The van der Waals surface area contributed by atoms with E-state index in [1.54, 1.807) is 6.92 Å². The van der Waals surface area contributed by atoms with Gasteiger partial charge < -0.3 is 14.4 Å². The molecule has 25 heavy (non-hydrogen) atoms. The number of hydrogen-bond donors (Lipinski definition) is 1. The molecule has 0 bridgehead atoms. The fraction of sp³-hybridized carbons (Fsp3) is 0.500. The minimum absolute atomic E-state index is 0.374. The zero-order valence-corrected chi connectivity index (χ0v) is 15.7. The van der Waals surface area contributed by atoms with Gasteiger partial charge in [0.1, 0.15) is 0 Å². The van der Waals surface area contributed by atoms with Crippen molar-refractivity contribution in [3.05, 3.63) is 34.5 Å². The molecule has 1 aromatic heterocycles. The summed E-state index contributed by atoms with van der Waals surface area (Å²) in [5, 5.41) is 10.5. The van der Waals surface area contributed by atoms with Gasteiger partial charge in [-0.2, -0.15) is 0 Å². The Morgan fingerprint density at radius 2 is 1.96 bits per heavy atom. The number of hydrogen-bond acceptors (Lipinski definition) is 3. The molecule has 0 fully saturated rings. The molecule has 1 atom stereocenters. The topological polar surface area (TPSA) is 68.5 Å². The number of carboxylic acid groups (broad SMARTS) is 1. The van der Waals surface area contributed by atoms with Crippen LogP contribution < -0.4 is 0 Å². The molecule has 0 saturated heterocycles. The highest BCUT2D eigenvalue weighted by Gasteiger charge is 2.25. The van der Waals surface area contributed by atoms with Crippen LogP contribution in [0.1, 0.15) is 66.2 Å². The van der Waals surface area contributed by atoms with E-state index in [-0.39, 0.29) is 5.97 Å². The first kappa shape index (κ1) is 19.0. The first-order valence-electron chi connectivity index (χ1n) is 8.76. The standard InChI is InChI=1S/C20H27NO4/c1-6-7-8-9-16-18(13(3)19(22)23)15-10-12(2)14(20(24)25-5)11-17(15)21(16)4/h10-11,13H,6-9H2,1-5H3,(H,22,23). The van der Waals surface area contributed by atoms with Crippen LogP contribution in [0.5, 0.6) is 0 Å². The first-order valence-corrected chi connectivity index (χ1v) is 8.76. The molecule has 5 heteroatoms. The Morgan fingerprint density at radius 1 is 1.28 bits per heavy atom. The van der Waals surface area contributed by atoms with Crippen LogP contribution in [-0.2, 0) is 23.0 Å². The normalized spacial score (nSPS) is 12.4. The van der Waals surface area contributed by atoms with Crippen LogP contribution >= 0.6 is 0 Å². The fourth-order valence-electron chi connectivity index (χ4n) is 3.45. The molecule has 1 aromatic carbocycles. The van der Waals surface area contributed by atoms with E-state index < -0.39 is 11.9 Å². The van der Waals surface area contributed by atoms with Crippen molar-refractivity contribution in [3.8, 4) is 0 Å². The second-order valence-electron chi connectivity index (χ2n) is 6.61. The largest absolute Gasteiger partial charge is 0.481 e. The predicted molar refractivity (Wildman–Crippen MR) is 98.3 cm³/mol. The third kappa shape index (κ3) is 3.55. The van der Waals surface area contributed by atoms with E-state index >= 15 is 0 Å². The monoisotopic (exact) mass is 345 g/mol. The smallest absolute Gasteiger partial charge is 0.338 e. The number of aromatic nitrogens is 1. The van der Waals surface area contributed by atoms with Crippen molar-refractivity contribution in [2.24, 2.45) is 7.05 Å². The quantitative estimate of drug-likeness (QED) is 0.603. The minimum Gasteiger partial charge on any atom is -0.481 e. The van der Waals surface area contributed by atoms with Crippen molar-refractivity contribution in [3.63, 3.8) is 0 Å². The summed E-state index contributed by atoms with van der Waals surface area (Å²) in [7, 11) is 3.31. The molecule has 1 N–H and O–H groups in total. The van der Waals surface area contributed by atoms with Crippen LogP contribution in [0.2, 0.25) is 0 Å². The summed E-state index contributed by atoms with van der Waals surface area (Å²) in [6.45, 7) is 5.73. The summed E-state index contributed by atoms with van der Waals surface area (Å²) in [5.41, 5.74) is 4.09. The molecule has 1 unspecified atom stereocenters. The molecular weight excluding hydrogens is 318 g/mol. The minimum atomic E-state index is -0.834. The predicted octanol–water partition coefficient (Wildman–Crippen LogP) is 4.19. The number of carboxylic acids is 1. The molecule has 0 amide bonds. The van der Waals surface area contributed by atoms with Gasteiger partial charge in [0.2, 0.25) is 0 Å². The number of carbonyl (C=O) groups excluding carboxylic acids is 1. The van der Waals surface area contributed by atoms with Crippen LogP contribution in [0.4, 0.5) is 0 Å². The molecule has 2 aromatic rings. The van der Waals surface area contributed by atoms with Crippen molar-refractivity contribution in [2.45, 2.75) is 52.4 Å². The number of unbranched alkanes of at least 4 members (excludes halogenated alkanes) is 2. The van der Waals surface area contributed by atoms with E-state index in [2.05, 4.69) is 6.92 Å². The molecule has 5 nitrogen and oxygen atoms in total. The van der Waals surface area contributed by atoms with E-state index in [4.69, 9.17) is 4.74 Å². The lowest BCUT2D eigenvalue weighted by molar-refractivity contribution is -0.138. The number of esters is 1. The summed E-state index contributed by atoms with van der Waals surface area (Å²) in [6, 6.07) is 3.73. The van der Waals surface area contributed by atoms with Crippen LogP contribution in [0, 0.1) is 6.92 Å². The van der Waals surface area contributed by atoms with Gasteiger partial charge in [-0.15, -0.1) is 0 Å². The summed E-state index contributed by atoms with van der Waals surface area (Å²) in [5.74, 6) is -1.80. The fourth-order valence-corrected chi connectivity index (χ4v) is 3.45. The van der Waals surface area contributed by atoms with E-state index in [1.807, 2.05) is 30.7 Å². The maximum atomic E-state index is 12.0. The number of nitrogens with zero attached hydrogens (tertiary/aromatic N) is 1. The van der Waals surface area contributed by atoms with Crippen LogP contribution in [0.15, 0.2) is 12.1 Å². The molecule has 0 spiro atoms. The number of carbonyl (C=O) groups is 2. The Balaban J connectivity index is 2.71. The number of benzene rings is 1. The summed E-state index contributed by atoms with van der Waals surface area (Å²) >= 11 is 0. The van der Waals surface area contributed by atoms with Crippen molar-refractivity contribution < 1.29 is 19.4 Å². The lowest BCUT2D eigenvalue weighted by Crippen LogP contribution is -2.10. The highest BCUT2D eigenvalue weighted by Crippen LogP contribution is 2.34. The maximum Gasteiger partial charge on any atom is 0.338 e. The van der Waals surface area contributed by atoms with Crippen LogP contribution in [0.3, 0.4) is 0 Å². The van der Waals surface area contributed by atoms with E-state index in [1.165, 1.54) is 7.11 Å². The third-order valence-electron chi connectivity index (χ3n) is 4.94. The molecular formula is C20H27NO4. The van der Waals surface area contributed by atoms with Gasteiger partial charge in [-0.1, -0.05) is 19.8 Å². The number of methoxy groups -OCH3 is 1. The van der Waals surface area contributed by atoms with Gasteiger partial charge in [0.25, 0.3) is 0 Å².